The maximum Gasteiger partial charge on any atom is 0.191 e. The molecule has 1 fully saturated rings. The number of nitrogens with zero attached hydrogens (tertiary/aromatic N) is 1. The van der Waals surface area contributed by atoms with Crippen LogP contribution in [0, 0.1) is 12.8 Å². The fraction of sp³-hybridized carbons (Fsp3) is 0.542. The molecule has 1 aromatic carbocycles. The Kier molecular flexibility index (Phi) is 10.2. The molecule has 7 heteroatoms. The number of halogens is 1. The number of aryl methyl sites for hydroxylation is 1. The predicted octanol–water partition coefficient (Wildman–Crippen LogP) is 4.70. The van der Waals surface area contributed by atoms with Gasteiger partial charge in [0.2, 0.25) is 0 Å². The molecule has 31 heavy (non-hydrogen) atoms. The third kappa shape index (κ3) is 9.11. The van der Waals surface area contributed by atoms with Crippen LogP contribution < -0.4 is 15.4 Å². The van der Waals surface area contributed by atoms with Crippen molar-refractivity contribution >= 4 is 29.9 Å². The zero-order valence-corrected chi connectivity index (χ0v) is 21.4. The van der Waals surface area contributed by atoms with E-state index in [2.05, 4.69) is 56.5 Å². The van der Waals surface area contributed by atoms with Gasteiger partial charge in [0.15, 0.2) is 5.96 Å². The molecule has 6 nitrogen and oxygen atoms in total. The largest absolute Gasteiger partial charge is 0.488 e. The summed E-state index contributed by atoms with van der Waals surface area (Å²) in [6.07, 6.45) is 3.61. The van der Waals surface area contributed by atoms with Crippen molar-refractivity contribution in [2.45, 2.75) is 52.7 Å². The highest BCUT2D eigenvalue weighted by Crippen LogP contribution is 2.25. The summed E-state index contributed by atoms with van der Waals surface area (Å²) in [5.41, 5.74) is 2.00. The first-order valence-electron chi connectivity index (χ1n) is 10.8. The van der Waals surface area contributed by atoms with Crippen molar-refractivity contribution in [3.8, 4) is 5.75 Å². The van der Waals surface area contributed by atoms with Crippen LogP contribution in [0.5, 0.6) is 5.75 Å². The predicted molar refractivity (Wildman–Crippen MR) is 135 cm³/mol. The number of rotatable bonds is 8. The van der Waals surface area contributed by atoms with Crippen molar-refractivity contribution in [2.24, 2.45) is 10.9 Å². The highest BCUT2D eigenvalue weighted by atomic mass is 127. The lowest BCUT2D eigenvalue weighted by molar-refractivity contribution is 0.129. The van der Waals surface area contributed by atoms with Crippen molar-refractivity contribution in [2.75, 3.05) is 26.3 Å². The zero-order chi connectivity index (χ0) is 21.4. The van der Waals surface area contributed by atoms with E-state index in [1.807, 2.05) is 12.1 Å². The smallest absolute Gasteiger partial charge is 0.191 e. The van der Waals surface area contributed by atoms with Gasteiger partial charge in [-0.3, -0.25) is 0 Å². The Labute approximate surface area is 203 Å². The van der Waals surface area contributed by atoms with Crippen LogP contribution in [0.4, 0.5) is 0 Å². The minimum absolute atomic E-state index is 0. The van der Waals surface area contributed by atoms with Gasteiger partial charge >= 0.3 is 0 Å². The van der Waals surface area contributed by atoms with Crippen LogP contribution in [0.1, 0.15) is 44.1 Å². The first-order chi connectivity index (χ1) is 14.4. The summed E-state index contributed by atoms with van der Waals surface area (Å²) in [7, 11) is 0. The molecule has 0 saturated carbocycles. The molecule has 2 N–H and O–H groups in total. The van der Waals surface area contributed by atoms with E-state index in [9.17, 15) is 0 Å². The summed E-state index contributed by atoms with van der Waals surface area (Å²) in [6.45, 7) is 12.1. The summed E-state index contributed by atoms with van der Waals surface area (Å²) in [6, 6.07) is 10.2. The number of furan rings is 1. The lowest BCUT2D eigenvalue weighted by Gasteiger charge is -2.23. The fourth-order valence-corrected chi connectivity index (χ4v) is 3.30. The molecule has 3 rings (SSSR count). The first-order valence-corrected chi connectivity index (χ1v) is 10.8. The number of hydrogen-bond acceptors (Lipinski definition) is 4. The van der Waals surface area contributed by atoms with Crippen molar-refractivity contribution < 1.29 is 13.9 Å². The van der Waals surface area contributed by atoms with Gasteiger partial charge < -0.3 is 24.5 Å². The summed E-state index contributed by atoms with van der Waals surface area (Å²) < 4.78 is 17.1. The standard InChI is InChI=1S/C24H35N3O3.HI/c1-18-7-8-20(22(14-18)30-24(2,3)4)16-27-23(26-15-19-10-13-28-17-19)25-11-9-21-6-5-12-29-21;/h5-8,12,14,19H,9-11,13,15-17H2,1-4H3,(H2,25,26,27);1H. The van der Waals surface area contributed by atoms with E-state index in [1.165, 1.54) is 5.56 Å². The summed E-state index contributed by atoms with van der Waals surface area (Å²) >= 11 is 0. The van der Waals surface area contributed by atoms with E-state index in [0.717, 1.165) is 62.2 Å². The maximum absolute atomic E-state index is 6.18. The highest BCUT2D eigenvalue weighted by molar-refractivity contribution is 14.0. The summed E-state index contributed by atoms with van der Waals surface area (Å²) in [5, 5.41) is 6.91. The van der Waals surface area contributed by atoms with Crippen LogP contribution in [-0.2, 0) is 17.7 Å². The first kappa shape index (κ1) is 25.5. The minimum atomic E-state index is -0.253. The Morgan fingerprint density at radius 2 is 2.06 bits per heavy atom. The normalized spacial score (nSPS) is 16.6. The lowest BCUT2D eigenvalue weighted by atomic mass is 10.1. The molecule has 172 valence electrons. The third-order valence-electron chi connectivity index (χ3n) is 4.87. The average Bonchev–Trinajstić information content (AvgIpc) is 3.37. The van der Waals surface area contributed by atoms with Crippen LogP contribution in [0.25, 0.3) is 0 Å². The molecule has 0 amide bonds. The zero-order valence-electron chi connectivity index (χ0n) is 19.1. The molecule has 1 saturated heterocycles. The molecular formula is C24H36IN3O3. The summed E-state index contributed by atoms with van der Waals surface area (Å²) in [4.78, 5) is 4.84. The molecule has 1 unspecified atom stereocenters. The van der Waals surface area contributed by atoms with Gasteiger partial charge in [-0.05, 0) is 57.9 Å². The molecular weight excluding hydrogens is 505 g/mol. The number of aliphatic imine (C=N–C) groups is 1. The Balaban J connectivity index is 0.00000341. The fourth-order valence-electron chi connectivity index (χ4n) is 3.30. The van der Waals surface area contributed by atoms with Crippen LogP contribution in [0.15, 0.2) is 46.0 Å². The Morgan fingerprint density at radius 3 is 2.74 bits per heavy atom. The molecule has 0 spiro atoms. The van der Waals surface area contributed by atoms with Crippen LogP contribution in [0.2, 0.25) is 0 Å². The average molecular weight is 541 g/mol. The molecule has 2 heterocycles. The van der Waals surface area contributed by atoms with Crippen molar-refractivity contribution in [3.63, 3.8) is 0 Å². The topological polar surface area (TPSA) is 68.0 Å². The minimum Gasteiger partial charge on any atom is -0.488 e. The van der Waals surface area contributed by atoms with Crippen molar-refractivity contribution in [3.05, 3.63) is 53.5 Å². The second kappa shape index (κ2) is 12.3. The lowest BCUT2D eigenvalue weighted by Crippen LogP contribution is -2.41. The van der Waals surface area contributed by atoms with Gasteiger partial charge in [-0.25, -0.2) is 4.99 Å². The van der Waals surface area contributed by atoms with Crippen LogP contribution in [0.3, 0.4) is 0 Å². The number of guanidine groups is 1. The number of ether oxygens (including phenoxy) is 2. The second-order valence-electron chi connectivity index (χ2n) is 8.86. The Hall–Kier alpha value is -1.74. The van der Waals surface area contributed by atoms with E-state index in [-0.39, 0.29) is 29.6 Å². The van der Waals surface area contributed by atoms with E-state index in [0.29, 0.717) is 12.5 Å². The van der Waals surface area contributed by atoms with E-state index in [4.69, 9.17) is 18.9 Å². The number of hydrogen-bond donors (Lipinski definition) is 2. The molecule has 1 atom stereocenters. The molecule has 1 aliphatic heterocycles. The summed E-state index contributed by atoms with van der Waals surface area (Å²) in [5.74, 6) is 3.19. The van der Waals surface area contributed by atoms with Gasteiger partial charge in [0.05, 0.1) is 19.4 Å². The van der Waals surface area contributed by atoms with Gasteiger partial charge in [-0.1, -0.05) is 12.1 Å². The van der Waals surface area contributed by atoms with E-state index in [1.54, 1.807) is 6.26 Å². The van der Waals surface area contributed by atoms with Gasteiger partial charge in [-0.15, -0.1) is 24.0 Å². The monoisotopic (exact) mass is 541 g/mol. The quantitative estimate of drug-likeness (QED) is 0.288. The van der Waals surface area contributed by atoms with E-state index < -0.39 is 0 Å². The number of nitrogens with one attached hydrogen (secondary N) is 2. The second-order valence-corrected chi connectivity index (χ2v) is 8.86. The molecule has 0 aliphatic carbocycles. The van der Waals surface area contributed by atoms with Crippen molar-refractivity contribution in [1.82, 2.24) is 10.6 Å². The maximum atomic E-state index is 6.18. The molecule has 1 aromatic heterocycles. The third-order valence-corrected chi connectivity index (χ3v) is 4.87. The molecule has 0 radical (unpaired) electrons. The van der Waals surface area contributed by atoms with Crippen LogP contribution in [-0.4, -0.2) is 37.9 Å². The molecule has 2 aromatic rings. The highest BCUT2D eigenvalue weighted by Gasteiger charge is 2.17. The van der Waals surface area contributed by atoms with Crippen LogP contribution >= 0.6 is 24.0 Å². The van der Waals surface area contributed by atoms with E-state index >= 15 is 0 Å². The van der Waals surface area contributed by atoms with Gasteiger partial charge in [0.1, 0.15) is 17.1 Å². The Morgan fingerprint density at radius 1 is 1.23 bits per heavy atom. The molecule has 0 bridgehead atoms. The Bertz CT molecular complexity index is 810. The number of benzene rings is 1. The van der Waals surface area contributed by atoms with Gasteiger partial charge in [-0.2, -0.15) is 0 Å². The van der Waals surface area contributed by atoms with Gasteiger partial charge in [0, 0.05) is 37.6 Å². The van der Waals surface area contributed by atoms with Crippen molar-refractivity contribution in [1.29, 1.82) is 0 Å². The molecule has 1 aliphatic rings. The SMILES string of the molecule is Cc1ccc(CN=C(NCCc2ccco2)NCC2CCOC2)c(OC(C)(C)C)c1.I. The van der Waals surface area contributed by atoms with Gasteiger partial charge in [0.25, 0.3) is 0 Å².